The zero-order valence-electron chi connectivity index (χ0n) is 9.60. The van der Waals surface area contributed by atoms with Gasteiger partial charge in [0.05, 0.1) is 11.5 Å². The number of hydrogen-bond donors (Lipinski definition) is 1. The lowest BCUT2D eigenvalue weighted by Crippen LogP contribution is -2.40. The van der Waals surface area contributed by atoms with Gasteiger partial charge in [-0.2, -0.15) is 0 Å². The predicted molar refractivity (Wildman–Crippen MR) is 68.4 cm³/mol. The summed E-state index contributed by atoms with van der Waals surface area (Å²) < 4.78 is 22.5. The van der Waals surface area contributed by atoms with Crippen molar-refractivity contribution < 1.29 is 13.2 Å². The van der Waals surface area contributed by atoms with Crippen LogP contribution in [-0.2, 0) is 9.84 Å². The average molecular weight is 289 g/mol. The number of sulfone groups is 1. The van der Waals surface area contributed by atoms with E-state index in [1.54, 1.807) is 6.07 Å². The summed E-state index contributed by atoms with van der Waals surface area (Å²) in [5.41, 5.74) is 0.434. The molecule has 1 N–H and O–H groups in total. The average Bonchev–Trinajstić information content (AvgIpc) is 2.32. The van der Waals surface area contributed by atoms with Crippen LogP contribution in [0, 0.1) is 0 Å². The number of pyridine rings is 1. The van der Waals surface area contributed by atoms with E-state index in [4.69, 9.17) is 11.6 Å². The molecular weight excluding hydrogens is 276 g/mol. The smallest absolute Gasteiger partial charge is 0.251 e. The first-order valence-corrected chi connectivity index (χ1v) is 7.79. The van der Waals surface area contributed by atoms with E-state index in [2.05, 4.69) is 10.3 Å². The van der Waals surface area contributed by atoms with Gasteiger partial charge in [0.2, 0.25) is 0 Å². The molecule has 1 aromatic rings. The Hall–Kier alpha value is -1.14. The lowest BCUT2D eigenvalue weighted by Gasteiger charge is -2.23. The van der Waals surface area contributed by atoms with Gasteiger partial charge < -0.3 is 5.32 Å². The van der Waals surface area contributed by atoms with Crippen LogP contribution in [0.2, 0.25) is 5.15 Å². The van der Waals surface area contributed by atoms with Gasteiger partial charge in [0, 0.05) is 17.8 Å². The molecule has 98 valence electrons. The monoisotopic (exact) mass is 288 g/mol. The fourth-order valence-electron chi connectivity index (χ4n) is 1.85. The van der Waals surface area contributed by atoms with E-state index in [0.717, 1.165) is 0 Å². The van der Waals surface area contributed by atoms with Crippen LogP contribution >= 0.6 is 11.6 Å². The van der Waals surface area contributed by atoms with Gasteiger partial charge in [0.15, 0.2) is 0 Å². The first-order valence-electron chi connectivity index (χ1n) is 5.59. The van der Waals surface area contributed by atoms with Crippen molar-refractivity contribution in [3.8, 4) is 0 Å². The molecule has 0 saturated carbocycles. The second kappa shape index (κ2) is 5.24. The first-order chi connectivity index (χ1) is 8.46. The Morgan fingerprint density at radius 1 is 1.39 bits per heavy atom. The Balaban J connectivity index is 1.97. The van der Waals surface area contributed by atoms with Crippen LogP contribution in [0.25, 0.3) is 0 Å². The molecule has 0 spiro atoms. The van der Waals surface area contributed by atoms with Crippen LogP contribution in [0.3, 0.4) is 0 Å². The van der Waals surface area contributed by atoms with E-state index in [1.807, 2.05) is 0 Å². The van der Waals surface area contributed by atoms with Crippen molar-refractivity contribution in [2.75, 3.05) is 11.5 Å². The minimum absolute atomic E-state index is 0.0898. The van der Waals surface area contributed by atoms with Gasteiger partial charge in [-0.05, 0) is 25.0 Å². The minimum Gasteiger partial charge on any atom is -0.349 e. The van der Waals surface area contributed by atoms with E-state index < -0.39 is 9.84 Å². The van der Waals surface area contributed by atoms with Crippen LogP contribution in [0.1, 0.15) is 23.2 Å². The topological polar surface area (TPSA) is 76.1 Å². The second-order valence-electron chi connectivity index (χ2n) is 4.27. The summed E-state index contributed by atoms with van der Waals surface area (Å²) in [6.45, 7) is 0. The molecule has 7 heteroatoms. The fourth-order valence-corrected chi connectivity index (χ4v) is 3.51. The number of carbonyl (C=O) groups is 1. The lowest BCUT2D eigenvalue weighted by molar-refractivity contribution is 0.0934. The molecule has 5 nitrogen and oxygen atoms in total. The van der Waals surface area contributed by atoms with E-state index in [-0.39, 0.29) is 28.6 Å². The highest BCUT2D eigenvalue weighted by Crippen LogP contribution is 2.13. The van der Waals surface area contributed by atoms with E-state index in [9.17, 15) is 13.2 Å². The highest BCUT2D eigenvalue weighted by atomic mass is 35.5. The highest BCUT2D eigenvalue weighted by molar-refractivity contribution is 7.91. The number of aromatic nitrogens is 1. The molecule has 0 unspecified atom stereocenters. The Labute approximate surface area is 110 Å². The first kappa shape index (κ1) is 13.3. The van der Waals surface area contributed by atoms with E-state index >= 15 is 0 Å². The van der Waals surface area contributed by atoms with Crippen LogP contribution in [0.5, 0.6) is 0 Å². The molecule has 0 aliphatic carbocycles. The van der Waals surface area contributed by atoms with Gasteiger partial charge in [-0.3, -0.25) is 4.79 Å². The molecule has 0 aromatic carbocycles. The highest BCUT2D eigenvalue weighted by Gasteiger charge is 2.24. The van der Waals surface area contributed by atoms with E-state index in [1.165, 1.54) is 12.3 Å². The largest absolute Gasteiger partial charge is 0.349 e. The van der Waals surface area contributed by atoms with Gasteiger partial charge in [-0.25, -0.2) is 13.4 Å². The molecule has 0 radical (unpaired) electrons. The summed E-state index contributed by atoms with van der Waals surface area (Å²) in [6.07, 6.45) is 2.39. The van der Waals surface area contributed by atoms with Gasteiger partial charge in [-0.15, -0.1) is 0 Å². The number of nitrogens with one attached hydrogen (secondary N) is 1. The van der Waals surface area contributed by atoms with Crippen molar-refractivity contribution in [1.82, 2.24) is 10.3 Å². The van der Waals surface area contributed by atoms with Crippen molar-refractivity contribution in [2.24, 2.45) is 0 Å². The molecule has 18 heavy (non-hydrogen) atoms. The summed E-state index contributed by atoms with van der Waals surface area (Å²) >= 11 is 5.70. The van der Waals surface area contributed by atoms with Crippen molar-refractivity contribution >= 4 is 27.3 Å². The quantitative estimate of drug-likeness (QED) is 0.825. The van der Waals surface area contributed by atoms with Crippen LogP contribution < -0.4 is 5.32 Å². The van der Waals surface area contributed by atoms with Crippen LogP contribution in [-0.4, -0.2) is 36.9 Å². The summed E-state index contributed by atoms with van der Waals surface area (Å²) in [7, 11) is -2.91. The van der Waals surface area contributed by atoms with E-state index in [0.29, 0.717) is 18.4 Å². The molecule has 0 bridgehead atoms. The third kappa shape index (κ3) is 3.43. The molecule has 1 fully saturated rings. The second-order valence-corrected chi connectivity index (χ2v) is 6.96. The van der Waals surface area contributed by atoms with Crippen molar-refractivity contribution in [3.05, 3.63) is 29.0 Å². The minimum atomic E-state index is -2.91. The number of carbonyl (C=O) groups excluding carboxylic acids is 1. The molecule has 1 aliphatic rings. The lowest BCUT2D eigenvalue weighted by atomic mass is 10.1. The Kier molecular flexibility index (Phi) is 3.87. The van der Waals surface area contributed by atoms with Gasteiger partial charge in [-0.1, -0.05) is 11.6 Å². The third-order valence-electron chi connectivity index (χ3n) is 2.88. The Morgan fingerprint density at radius 2 is 2.06 bits per heavy atom. The normalized spacial score (nSPS) is 19.4. The fraction of sp³-hybridized carbons (Fsp3) is 0.455. The molecule has 2 rings (SSSR count). The van der Waals surface area contributed by atoms with Crippen molar-refractivity contribution in [2.45, 2.75) is 18.9 Å². The van der Waals surface area contributed by atoms with Gasteiger partial charge in [0.1, 0.15) is 15.0 Å². The molecule has 1 aromatic heterocycles. The molecule has 2 heterocycles. The summed E-state index contributed by atoms with van der Waals surface area (Å²) in [6, 6.07) is 2.96. The number of nitrogens with zero attached hydrogens (tertiary/aromatic N) is 1. The molecule has 1 amide bonds. The van der Waals surface area contributed by atoms with Crippen LogP contribution in [0.4, 0.5) is 0 Å². The Morgan fingerprint density at radius 3 is 2.67 bits per heavy atom. The maximum absolute atomic E-state index is 11.9. The van der Waals surface area contributed by atoms with Crippen molar-refractivity contribution in [3.63, 3.8) is 0 Å². The molecule has 1 saturated heterocycles. The molecule has 1 aliphatic heterocycles. The Bertz CT molecular complexity index is 545. The maximum atomic E-state index is 11.9. The number of halogens is 1. The predicted octanol–water partition coefficient (Wildman–Crippen LogP) is 1.04. The van der Waals surface area contributed by atoms with Gasteiger partial charge in [0.25, 0.3) is 5.91 Å². The zero-order valence-corrected chi connectivity index (χ0v) is 11.2. The number of hydrogen-bond acceptors (Lipinski definition) is 4. The molecular formula is C11H13ClN2O3S. The summed E-state index contributed by atoms with van der Waals surface area (Å²) in [4.78, 5) is 15.7. The summed E-state index contributed by atoms with van der Waals surface area (Å²) in [5.74, 6) is 0.0213. The summed E-state index contributed by atoms with van der Waals surface area (Å²) in [5, 5.41) is 3.07. The van der Waals surface area contributed by atoms with Gasteiger partial charge >= 0.3 is 0 Å². The number of amides is 1. The van der Waals surface area contributed by atoms with Crippen molar-refractivity contribution in [1.29, 1.82) is 0 Å². The zero-order chi connectivity index (χ0) is 13.2. The number of rotatable bonds is 2. The standard InChI is InChI=1S/C11H13ClN2O3S/c12-10-7-8(1-4-13-10)11(15)14-9-2-5-18(16,17)6-3-9/h1,4,7,9H,2-3,5-6H2,(H,14,15). The van der Waals surface area contributed by atoms with Crippen LogP contribution in [0.15, 0.2) is 18.3 Å². The maximum Gasteiger partial charge on any atom is 0.251 e. The molecule has 0 atom stereocenters. The third-order valence-corrected chi connectivity index (χ3v) is 4.80. The SMILES string of the molecule is O=C(NC1CCS(=O)(=O)CC1)c1ccnc(Cl)c1.